The number of urea groups is 1. The highest BCUT2D eigenvalue weighted by Gasteiger charge is 2.10. The zero-order valence-corrected chi connectivity index (χ0v) is 12.9. The number of nitrogens with zero attached hydrogens (tertiary/aromatic N) is 2. The van der Waals surface area contributed by atoms with Crippen LogP contribution in [0.2, 0.25) is 5.02 Å². The summed E-state index contributed by atoms with van der Waals surface area (Å²) in [6.07, 6.45) is 0.720. The fourth-order valence-corrected chi connectivity index (χ4v) is 2.32. The van der Waals surface area contributed by atoms with Gasteiger partial charge < -0.3 is 10.4 Å². The molecule has 0 fully saturated rings. The summed E-state index contributed by atoms with van der Waals surface area (Å²) in [5.74, 6) is 0. The number of carbonyl (C=O) groups is 1. The Labute approximate surface area is 137 Å². The van der Waals surface area contributed by atoms with E-state index in [-0.39, 0.29) is 6.54 Å². The normalized spacial score (nSPS) is 12.1. The fourth-order valence-electron chi connectivity index (χ4n) is 2.19. The molecule has 0 radical (unpaired) electrons. The summed E-state index contributed by atoms with van der Waals surface area (Å²) in [5, 5.41) is 13.3. The molecular weight excluding hydrogens is 316 g/mol. The molecule has 0 aliphatic rings. The Morgan fingerprint density at radius 2 is 1.96 bits per heavy atom. The SMILES string of the molecule is O=C(NC[C@@H](O)c1ccc(Cl)cc1)Nn1cnc2ccccc21. The minimum absolute atomic E-state index is 0.0834. The third-order valence-electron chi connectivity index (χ3n) is 3.39. The Balaban J connectivity index is 1.58. The molecule has 0 saturated carbocycles. The molecule has 2 aromatic carbocycles. The van der Waals surface area contributed by atoms with Crippen molar-refractivity contribution in [1.82, 2.24) is 15.0 Å². The van der Waals surface area contributed by atoms with Crippen LogP contribution < -0.4 is 10.7 Å². The monoisotopic (exact) mass is 330 g/mol. The van der Waals surface area contributed by atoms with E-state index in [4.69, 9.17) is 11.6 Å². The van der Waals surface area contributed by atoms with Crippen molar-refractivity contribution in [3.63, 3.8) is 0 Å². The number of nitrogens with one attached hydrogen (secondary N) is 2. The van der Waals surface area contributed by atoms with Crippen LogP contribution in [0.4, 0.5) is 4.79 Å². The molecule has 0 aliphatic heterocycles. The molecule has 0 bridgehead atoms. The quantitative estimate of drug-likeness (QED) is 0.688. The van der Waals surface area contributed by atoms with E-state index in [0.29, 0.717) is 10.6 Å². The van der Waals surface area contributed by atoms with Crippen molar-refractivity contribution in [2.75, 3.05) is 12.0 Å². The molecule has 2 amide bonds. The lowest BCUT2D eigenvalue weighted by Gasteiger charge is -2.13. The van der Waals surface area contributed by atoms with Crippen LogP contribution in [0.3, 0.4) is 0 Å². The number of fused-ring (bicyclic) bond motifs is 1. The zero-order valence-electron chi connectivity index (χ0n) is 12.1. The van der Waals surface area contributed by atoms with Crippen LogP contribution in [0.25, 0.3) is 11.0 Å². The molecule has 3 aromatic rings. The number of amides is 2. The lowest BCUT2D eigenvalue weighted by Crippen LogP contribution is -2.36. The maximum Gasteiger partial charge on any atom is 0.334 e. The number of imidazole rings is 1. The van der Waals surface area contributed by atoms with Gasteiger partial charge in [0.1, 0.15) is 6.33 Å². The third kappa shape index (κ3) is 3.61. The highest BCUT2D eigenvalue weighted by molar-refractivity contribution is 6.30. The van der Waals surface area contributed by atoms with E-state index in [1.54, 1.807) is 24.3 Å². The van der Waals surface area contributed by atoms with Crippen LogP contribution in [-0.2, 0) is 0 Å². The second-order valence-corrected chi connectivity index (χ2v) is 5.43. The van der Waals surface area contributed by atoms with Gasteiger partial charge in [0, 0.05) is 11.6 Å². The van der Waals surface area contributed by atoms with Crippen LogP contribution >= 0.6 is 11.6 Å². The third-order valence-corrected chi connectivity index (χ3v) is 3.64. The van der Waals surface area contributed by atoms with E-state index in [1.165, 1.54) is 11.0 Å². The van der Waals surface area contributed by atoms with E-state index in [2.05, 4.69) is 15.7 Å². The van der Waals surface area contributed by atoms with Crippen molar-refractivity contribution in [3.8, 4) is 0 Å². The first-order valence-electron chi connectivity index (χ1n) is 7.04. The van der Waals surface area contributed by atoms with Gasteiger partial charge in [-0.05, 0) is 29.8 Å². The van der Waals surface area contributed by atoms with Crippen molar-refractivity contribution in [1.29, 1.82) is 0 Å². The molecule has 1 aromatic heterocycles. The lowest BCUT2D eigenvalue weighted by molar-refractivity contribution is 0.175. The first-order chi connectivity index (χ1) is 11.1. The minimum Gasteiger partial charge on any atom is -0.387 e. The van der Waals surface area contributed by atoms with Gasteiger partial charge >= 0.3 is 6.03 Å². The second kappa shape index (κ2) is 6.68. The molecule has 1 atom stereocenters. The Morgan fingerprint density at radius 1 is 1.22 bits per heavy atom. The van der Waals surface area contributed by atoms with Crippen molar-refractivity contribution in [3.05, 3.63) is 65.4 Å². The van der Waals surface area contributed by atoms with Crippen LogP contribution in [-0.4, -0.2) is 27.3 Å². The van der Waals surface area contributed by atoms with Gasteiger partial charge in [-0.25, -0.2) is 19.9 Å². The van der Waals surface area contributed by atoms with E-state index in [1.807, 2.05) is 24.3 Å². The first kappa shape index (κ1) is 15.3. The summed E-state index contributed by atoms with van der Waals surface area (Å²) < 4.78 is 1.53. The van der Waals surface area contributed by atoms with E-state index in [0.717, 1.165) is 11.0 Å². The molecule has 3 rings (SSSR count). The van der Waals surface area contributed by atoms with Crippen LogP contribution in [0.5, 0.6) is 0 Å². The Kier molecular flexibility index (Phi) is 4.45. The molecule has 23 heavy (non-hydrogen) atoms. The number of benzene rings is 2. The summed E-state index contributed by atoms with van der Waals surface area (Å²) in [6.45, 7) is 0.0834. The van der Waals surface area contributed by atoms with Crippen LogP contribution in [0.15, 0.2) is 54.9 Å². The molecule has 118 valence electrons. The number of aliphatic hydroxyl groups is 1. The summed E-state index contributed by atoms with van der Waals surface area (Å²) in [5.41, 5.74) is 4.91. The highest BCUT2D eigenvalue weighted by atomic mass is 35.5. The second-order valence-electron chi connectivity index (χ2n) is 4.99. The van der Waals surface area contributed by atoms with Gasteiger partial charge in [-0.1, -0.05) is 35.9 Å². The predicted octanol–water partition coefficient (Wildman–Crippen LogP) is 2.68. The average molecular weight is 331 g/mol. The molecular formula is C16H15ClN4O2. The highest BCUT2D eigenvalue weighted by Crippen LogP contribution is 2.15. The van der Waals surface area contributed by atoms with Gasteiger partial charge in [0.2, 0.25) is 0 Å². The number of para-hydroxylation sites is 2. The van der Waals surface area contributed by atoms with Gasteiger partial charge in [-0.15, -0.1) is 0 Å². The molecule has 1 heterocycles. The largest absolute Gasteiger partial charge is 0.387 e. The summed E-state index contributed by atoms with van der Waals surface area (Å²) in [7, 11) is 0. The van der Waals surface area contributed by atoms with E-state index < -0.39 is 12.1 Å². The summed E-state index contributed by atoms with van der Waals surface area (Å²) in [6, 6.07) is 13.8. The number of aromatic nitrogens is 2. The number of hydrogen-bond acceptors (Lipinski definition) is 3. The average Bonchev–Trinajstić information content (AvgIpc) is 2.96. The maximum atomic E-state index is 11.9. The molecule has 0 spiro atoms. The first-order valence-corrected chi connectivity index (χ1v) is 7.42. The Morgan fingerprint density at radius 3 is 2.74 bits per heavy atom. The Bertz CT molecular complexity index is 816. The molecule has 7 heteroatoms. The van der Waals surface area contributed by atoms with E-state index >= 15 is 0 Å². The van der Waals surface area contributed by atoms with Gasteiger partial charge in [-0.3, -0.25) is 0 Å². The predicted molar refractivity (Wildman–Crippen MR) is 88.9 cm³/mol. The minimum atomic E-state index is -0.808. The fraction of sp³-hybridized carbons (Fsp3) is 0.125. The number of aliphatic hydroxyl groups excluding tert-OH is 1. The van der Waals surface area contributed by atoms with Gasteiger partial charge in [0.15, 0.2) is 0 Å². The molecule has 0 saturated heterocycles. The van der Waals surface area contributed by atoms with Gasteiger partial charge in [0.05, 0.1) is 17.1 Å². The number of hydrogen-bond donors (Lipinski definition) is 3. The van der Waals surface area contributed by atoms with Crippen molar-refractivity contribution in [2.45, 2.75) is 6.10 Å². The molecule has 0 aliphatic carbocycles. The van der Waals surface area contributed by atoms with Crippen molar-refractivity contribution >= 4 is 28.7 Å². The van der Waals surface area contributed by atoms with Crippen molar-refractivity contribution < 1.29 is 9.90 Å². The zero-order chi connectivity index (χ0) is 16.2. The molecule has 3 N–H and O–H groups in total. The standard InChI is InChI=1S/C16H15ClN4O2/c17-12-7-5-11(6-8-12)15(22)9-18-16(23)20-21-10-19-13-3-1-2-4-14(13)21/h1-8,10,15,22H,9H2,(H2,18,20,23)/t15-/m1/s1. The van der Waals surface area contributed by atoms with Crippen LogP contribution in [0, 0.1) is 0 Å². The maximum absolute atomic E-state index is 11.9. The topological polar surface area (TPSA) is 79.2 Å². The summed E-state index contributed by atoms with van der Waals surface area (Å²) >= 11 is 5.80. The van der Waals surface area contributed by atoms with Gasteiger partial charge in [-0.2, -0.15) is 0 Å². The lowest BCUT2D eigenvalue weighted by atomic mass is 10.1. The Hall–Kier alpha value is -2.57. The number of carbonyl (C=O) groups excluding carboxylic acids is 1. The van der Waals surface area contributed by atoms with Gasteiger partial charge in [0.25, 0.3) is 0 Å². The van der Waals surface area contributed by atoms with Crippen LogP contribution in [0.1, 0.15) is 11.7 Å². The van der Waals surface area contributed by atoms with Crippen molar-refractivity contribution in [2.24, 2.45) is 0 Å². The molecule has 6 nitrogen and oxygen atoms in total. The molecule has 0 unspecified atom stereocenters. The smallest absolute Gasteiger partial charge is 0.334 e. The number of halogens is 1. The summed E-state index contributed by atoms with van der Waals surface area (Å²) in [4.78, 5) is 16.1. The number of rotatable bonds is 4. The van der Waals surface area contributed by atoms with E-state index in [9.17, 15) is 9.90 Å².